The number of ether oxygens (including phenoxy) is 3. The lowest BCUT2D eigenvalue weighted by Crippen LogP contribution is -2.40. The van der Waals surface area contributed by atoms with Crippen LogP contribution in [0.15, 0.2) is 21.9 Å². The predicted molar refractivity (Wildman–Crippen MR) is 70.7 cm³/mol. The molecule has 0 amide bonds. The summed E-state index contributed by atoms with van der Waals surface area (Å²) >= 11 is 0. The molecule has 20 heavy (non-hydrogen) atoms. The fraction of sp³-hybridized carbons (Fsp3) is 0.667. The Bertz CT molecular complexity index is 511. The van der Waals surface area contributed by atoms with Gasteiger partial charge in [-0.3, -0.25) is 14.3 Å². The first kappa shape index (κ1) is 16.6. The number of aliphatic hydroxyl groups is 1. The Kier molecular flexibility index (Phi) is 6.59. The molecule has 1 heterocycles. The summed E-state index contributed by atoms with van der Waals surface area (Å²) in [7, 11) is 2.99. The lowest BCUT2D eigenvalue weighted by atomic mass is 10.2. The molecule has 3 atom stereocenters. The van der Waals surface area contributed by atoms with Crippen molar-refractivity contribution < 1.29 is 19.3 Å². The van der Waals surface area contributed by atoms with Gasteiger partial charge < -0.3 is 19.3 Å². The normalized spacial score (nSPS) is 15.8. The minimum Gasteiger partial charge on any atom is -0.394 e. The average Bonchev–Trinajstić information content (AvgIpc) is 2.42. The molecule has 0 aromatic carbocycles. The summed E-state index contributed by atoms with van der Waals surface area (Å²) in [5.74, 6) is 0. The molecule has 0 fully saturated rings. The van der Waals surface area contributed by atoms with Crippen molar-refractivity contribution in [2.75, 3.05) is 27.4 Å². The van der Waals surface area contributed by atoms with Gasteiger partial charge in [0, 0.05) is 26.5 Å². The number of aliphatic hydroxyl groups excluding tert-OH is 1. The van der Waals surface area contributed by atoms with Gasteiger partial charge in [0.25, 0.3) is 5.56 Å². The van der Waals surface area contributed by atoms with Crippen molar-refractivity contribution in [3.8, 4) is 0 Å². The van der Waals surface area contributed by atoms with Gasteiger partial charge in [0.05, 0.1) is 13.2 Å². The third-order valence-electron chi connectivity index (χ3n) is 2.84. The molecule has 3 unspecified atom stereocenters. The van der Waals surface area contributed by atoms with E-state index in [-0.39, 0.29) is 13.2 Å². The molecule has 0 aliphatic rings. The highest BCUT2D eigenvalue weighted by molar-refractivity contribution is 4.84. The minimum absolute atomic E-state index is 0.245. The number of nitrogens with zero attached hydrogens (tertiary/aromatic N) is 1. The van der Waals surface area contributed by atoms with Crippen LogP contribution in [0.5, 0.6) is 0 Å². The van der Waals surface area contributed by atoms with Crippen molar-refractivity contribution in [3.05, 3.63) is 33.1 Å². The van der Waals surface area contributed by atoms with E-state index in [9.17, 15) is 14.7 Å². The van der Waals surface area contributed by atoms with Crippen molar-refractivity contribution in [1.82, 2.24) is 9.55 Å². The topological polar surface area (TPSA) is 103 Å². The maximum Gasteiger partial charge on any atom is 0.330 e. The van der Waals surface area contributed by atoms with Crippen LogP contribution in [-0.4, -0.2) is 54.3 Å². The Hall–Kier alpha value is -1.48. The standard InChI is InChI=1S/C12H20N2O6/c1-8(14-5-4-11(16)13-12(14)17)20-9(6-15)10(19-3)7-18-2/h4-5,8-10,15H,6-7H2,1-3H3,(H,13,16,17). The van der Waals surface area contributed by atoms with Crippen LogP contribution in [0.1, 0.15) is 13.2 Å². The van der Waals surface area contributed by atoms with Crippen LogP contribution in [0.25, 0.3) is 0 Å². The highest BCUT2D eigenvalue weighted by Gasteiger charge is 2.24. The summed E-state index contributed by atoms with van der Waals surface area (Å²) < 4.78 is 17.0. The van der Waals surface area contributed by atoms with Crippen molar-refractivity contribution >= 4 is 0 Å². The molecular formula is C12H20N2O6. The van der Waals surface area contributed by atoms with E-state index in [0.717, 1.165) is 0 Å². The van der Waals surface area contributed by atoms with E-state index in [1.54, 1.807) is 6.92 Å². The fourth-order valence-corrected chi connectivity index (χ4v) is 1.77. The summed E-state index contributed by atoms with van der Waals surface area (Å²) in [6.45, 7) is 1.58. The number of H-pyrrole nitrogens is 1. The van der Waals surface area contributed by atoms with Crippen LogP contribution in [-0.2, 0) is 14.2 Å². The number of rotatable bonds is 8. The zero-order chi connectivity index (χ0) is 15.1. The van der Waals surface area contributed by atoms with Gasteiger partial charge in [-0.05, 0) is 6.92 Å². The number of hydrogen-bond acceptors (Lipinski definition) is 6. The van der Waals surface area contributed by atoms with Crippen LogP contribution in [0.2, 0.25) is 0 Å². The van der Waals surface area contributed by atoms with Gasteiger partial charge in [-0.1, -0.05) is 0 Å². The molecule has 2 N–H and O–H groups in total. The first-order valence-corrected chi connectivity index (χ1v) is 6.13. The zero-order valence-electron chi connectivity index (χ0n) is 11.7. The molecule has 0 saturated carbocycles. The number of hydrogen-bond donors (Lipinski definition) is 2. The van der Waals surface area contributed by atoms with Crippen molar-refractivity contribution in [1.29, 1.82) is 0 Å². The van der Waals surface area contributed by atoms with E-state index in [1.165, 1.54) is 31.0 Å². The monoisotopic (exact) mass is 288 g/mol. The Morgan fingerprint density at radius 3 is 2.55 bits per heavy atom. The Balaban J connectivity index is 2.83. The van der Waals surface area contributed by atoms with Crippen LogP contribution < -0.4 is 11.2 Å². The van der Waals surface area contributed by atoms with Crippen LogP contribution in [0.4, 0.5) is 0 Å². The van der Waals surface area contributed by atoms with Gasteiger partial charge in [-0.25, -0.2) is 4.79 Å². The van der Waals surface area contributed by atoms with Gasteiger partial charge in [0.1, 0.15) is 18.4 Å². The fourth-order valence-electron chi connectivity index (χ4n) is 1.77. The third-order valence-corrected chi connectivity index (χ3v) is 2.84. The van der Waals surface area contributed by atoms with Crippen LogP contribution in [0, 0.1) is 0 Å². The van der Waals surface area contributed by atoms with E-state index < -0.39 is 29.7 Å². The molecular weight excluding hydrogens is 268 g/mol. The lowest BCUT2D eigenvalue weighted by Gasteiger charge is -2.27. The first-order chi connectivity index (χ1) is 9.53. The molecule has 1 aromatic heterocycles. The summed E-state index contributed by atoms with van der Waals surface area (Å²) in [4.78, 5) is 24.8. The summed E-state index contributed by atoms with van der Waals surface area (Å²) in [6, 6.07) is 1.22. The predicted octanol–water partition coefficient (Wildman–Crippen LogP) is -0.906. The summed E-state index contributed by atoms with van der Waals surface area (Å²) in [5, 5.41) is 9.36. The minimum atomic E-state index is -0.675. The van der Waals surface area contributed by atoms with Crippen molar-refractivity contribution in [2.45, 2.75) is 25.4 Å². The molecule has 0 radical (unpaired) electrons. The number of nitrogens with one attached hydrogen (secondary N) is 1. The molecule has 114 valence electrons. The maximum atomic E-state index is 11.6. The van der Waals surface area contributed by atoms with E-state index in [2.05, 4.69) is 4.98 Å². The van der Waals surface area contributed by atoms with Gasteiger partial charge in [0.2, 0.25) is 0 Å². The highest BCUT2D eigenvalue weighted by Crippen LogP contribution is 2.12. The average molecular weight is 288 g/mol. The Morgan fingerprint density at radius 1 is 1.35 bits per heavy atom. The Morgan fingerprint density at radius 2 is 2.05 bits per heavy atom. The van der Waals surface area contributed by atoms with E-state index >= 15 is 0 Å². The molecule has 0 saturated heterocycles. The van der Waals surface area contributed by atoms with E-state index in [4.69, 9.17) is 14.2 Å². The molecule has 8 nitrogen and oxygen atoms in total. The van der Waals surface area contributed by atoms with Gasteiger partial charge in [-0.15, -0.1) is 0 Å². The summed E-state index contributed by atoms with van der Waals surface area (Å²) in [6.07, 6.45) is -0.469. The maximum absolute atomic E-state index is 11.6. The molecule has 1 aromatic rings. The largest absolute Gasteiger partial charge is 0.394 e. The van der Waals surface area contributed by atoms with Gasteiger partial charge in [0.15, 0.2) is 0 Å². The van der Waals surface area contributed by atoms with Gasteiger partial charge in [-0.2, -0.15) is 0 Å². The van der Waals surface area contributed by atoms with Gasteiger partial charge >= 0.3 is 5.69 Å². The summed E-state index contributed by atoms with van der Waals surface area (Å²) in [5.41, 5.74) is -1.06. The molecule has 0 aliphatic heterocycles. The molecule has 8 heteroatoms. The molecule has 0 aliphatic carbocycles. The zero-order valence-corrected chi connectivity index (χ0v) is 11.7. The van der Waals surface area contributed by atoms with Crippen molar-refractivity contribution in [2.24, 2.45) is 0 Å². The SMILES string of the molecule is COCC(OC)C(CO)OC(C)n1ccc(=O)[nH]c1=O. The van der Waals surface area contributed by atoms with Crippen LogP contribution >= 0.6 is 0 Å². The third kappa shape index (κ3) is 4.27. The second kappa shape index (κ2) is 7.95. The van der Waals surface area contributed by atoms with Crippen LogP contribution in [0.3, 0.4) is 0 Å². The highest BCUT2D eigenvalue weighted by atomic mass is 16.6. The first-order valence-electron chi connectivity index (χ1n) is 6.13. The second-order valence-electron chi connectivity index (χ2n) is 4.20. The van der Waals surface area contributed by atoms with E-state index in [1.807, 2.05) is 0 Å². The lowest BCUT2D eigenvalue weighted by molar-refractivity contribution is -0.140. The van der Waals surface area contributed by atoms with Crippen molar-refractivity contribution in [3.63, 3.8) is 0 Å². The van der Waals surface area contributed by atoms with E-state index in [0.29, 0.717) is 0 Å². The quantitative estimate of drug-likeness (QED) is 0.642. The number of aromatic amines is 1. The molecule has 1 rings (SSSR count). The Labute approximate surface area is 115 Å². The molecule has 0 bridgehead atoms. The smallest absolute Gasteiger partial charge is 0.330 e. The second-order valence-corrected chi connectivity index (χ2v) is 4.20. The number of methoxy groups -OCH3 is 2. The number of aromatic nitrogens is 2. The molecule has 0 spiro atoms.